The monoisotopic (exact) mass is 253 g/mol. The smallest absolute Gasteiger partial charge is 0.209 e. The van der Waals surface area contributed by atoms with Crippen molar-refractivity contribution in [2.75, 3.05) is 0 Å². The summed E-state index contributed by atoms with van der Waals surface area (Å²) in [5, 5.41) is 11.8. The number of aryl methyl sites for hydroxylation is 1. The quantitative estimate of drug-likeness (QED) is 0.826. The van der Waals surface area contributed by atoms with Gasteiger partial charge in [-0.1, -0.05) is 17.8 Å². The van der Waals surface area contributed by atoms with Crippen molar-refractivity contribution in [1.82, 2.24) is 20.2 Å². The predicted molar refractivity (Wildman–Crippen MR) is 62.7 cm³/mol. The van der Waals surface area contributed by atoms with Crippen molar-refractivity contribution in [3.63, 3.8) is 0 Å². The molecule has 0 unspecified atom stereocenters. The predicted octanol–water partition coefficient (Wildman–Crippen LogP) is 1.10. The number of aromatic nitrogens is 4. The molecular formula is C10H12FN5S. The first-order valence-corrected chi connectivity index (χ1v) is 6.02. The van der Waals surface area contributed by atoms with Crippen LogP contribution in [0.3, 0.4) is 0 Å². The second-order valence-corrected chi connectivity index (χ2v) is 4.43. The van der Waals surface area contributed by atoms with Crippen LogP contribution in [0.4, 0.5) is 4.39 Å². The Bertz CT molecular complexity index is 513. The minimum atomic E-state index is -0.256. The SMILES string of the molecule is Cn1nnnc1SCc1cc(F)ccc1CN. The zero-order chi connectivity index (χ0) is 12.3. The average molecular weight is 253 g/mol. The van der Waals surface area contributed by atoms with E-state index in [1.54, 1.807) is 17.8 Å². The van der Waals surface area contributed by atoms with E-state index in [1.165, 1.54) is 23.9 Å². The molecule has 0 aliphatic rings. The molecule has 0 fully saturated rings. The van der Waals surface area contributed by atoms with Crippen LogP contribution in [0.1, 0.15) is 11.1 Å². The molecule has 2 aromatic rings. The molecule has 1 heterocycles. The summed E-state index contributed by atoms with van der Waals surface area (Å²) < 4.78 is 14.7. The van der Waals surface area contributed by atoms with E-state index in [9.17, 15) is 4.39 Å². The topological polar surface area (TPSA) is 69.6 Å². The summed E-state index contributed by atoms with van der Waals surface area (Å²) in [6, 6.07) is 4.62. The second kappa shape index (κ2) is 5.24. The van der Waals surface area contributed by atoms with Gasteiger partial charge in [0.05, 0.1) is 0 Å². The zero-order valence-corrected chi connectivity index (χ0v) is 10.1. The maximum absolute atomic E-state index is 13.1. The van der Waals surface area contributed by atoms with Crippen LogP contribution < -0.4 is 5.73 Å². The highest BCUT2D eigenvalue weighted by atomic mass is 32.2. The second-order valence-electron chi connectivity index (χ2n) is 3.49. The molecule has 0 bridgehead atoms. The highest BCUT2D eigenvalue weighted by Crippen LogP contribution is 2.22. The van der Waals surface area contributed by atoms with Gasteiger partial charge in [-0.25, -0.2) is 9.07 Å². The average Bonchev–Trinajstić information content (AvgIpc) is 2.72. The van der Waals surface area contributed by atoms with E-state index in [-0.39, 0.29) is 5.82 Å². The third-order valence-corrected chi connectivity index (χ3v) is 3.39. The van der Waals surface area contributed by atoms with Gasteiger partial charge in [0.2, 0.25) is 5.16 Å². The van der Waals surface area contributed by atoms with Crippen LogP contribution >= 0.6 is 11.8 Å². The fourth-order valence-electron chi connectivity index (χ4n) is 1.41. The Morgan fingerprint density at radius 2 is 2.24 bits per heavy atom. The van der Waals surface area contributed by atoms with Crippen molar-refractivity contribution in [2.45, 2.75) is 17.5 Å². The summed E-state index contributed by atoms with van der Waals surface area (Å²) in [6.45, 7) is 0.396. The van der Waals surface area contributed by atoms with Crippen molar-refractivity contribution in [3.8, 4) is 0 Å². The van der Waals surface area contributed by atoms with E-state index < -0.39 is 0 Å². The maximum Gasteiger partial charge on any atom is 0.209 e. The lowest BCUT2D eigenvalue weighted by Gasteiger charge is -2.06. The van der Waals surface area contributed by atoms with Crippen LogP contribution in [0, 0.1) is 5.82 Å². The summed E-state index contributed by atoms with van der Waals surface area (Å²) >= 11 is 1.45. The summed E-state index contributed by atoms with van der Waals surface area (Å²) in [7, 11) is 1.76. The summed E-state index contributed by atoms with van der Waals surface area (Å²) in [4.78, 5) is 0. The van der Waals surface area contributed by atoms with Gasteiger partial charge in [0, 0.05) is 19.3 Å². The number of halogens is 1. The van der Waals surface area contributed by atoms with Crippen LogP contribution in [0.2, 0.25) is 0 Å². The van der Waals surface area contributed by atoms with E-state index in [0.717, 1.165) is 11.1 Å². The minimum Gasteiger partial charge on any atom is -0.326 e. The standard InChI is InChI=1S/C10H12FN5S/c1-16-10(13-14-15-16)17-6-8-4-9(11)3-2-7(8)5-12/h2-4H,5-6,12H2,1H3. The third-order valence-electron chi connectivity index (χ3n) is 2.33. The van der Waals surface area contributed by atoms with Gasteiger partial charge in [-0.2, -0.15) is 0 Å². The minimum absolute atomic E-state index is 0.256. The first kappa shape index (κ1) is 12.0. The van der Waals surface area contributed by atoms with Crippen LogP contribution in [0.25, 0.3) is 0 Å². The molecule has 90 valence electrons. The van der Waals surface area contributed by atoms with Crippen molar-refractivity contribution >= 4 is 11.8 Å². The van der Waals surface area contributed by atoms with Gasteiger partial charge < -0.3 is 5.73 Å². The Kier molecular flexibility index (Phi) is 3.70. The number of nitrogens with two attached hydrogens (primary N) is 1. The Labute approximate surface area is 102 Å². The van der Waals surface area contributed by atoms with Gasteiger partial charge in [-0.05, 0) is 33.7 Å². The Morgan fingerprint density at radius 1 is 1.41 bits per heavy atom. The summed E-state index contributed by atoms with van der Waals surface area (Å²) in [5.74, 6) is 0.340. The van der Waals surface area contributed by atoms with Crippen LogP contribution in [-0.2, 0) is 19.3 Å². The fraction of sp³-hybridized carbons (Fsp3) is 0.300. The first-order valence-electron chi connectivity index (χ1n) is 5.03. The molecule has 1 aromatic heterocycles. The van der Waals surface area contributed by atoms with Gasteiger partial charge in [-0.15, -0.1) is 5.10 Å². The zero-order valence-electron chi connectivity index (χ0n) is 9.30. The first-order chi connectivity index (χ1) is 8.20. The normalized spacial score (nSPS) is 10.8. The molecule has 0 saturated heterocycles. The Balaban J connectivity index is 2.13. The number of hydrogen-bond donors (Lipinski definition) is 1. The molecule has 2 rings (SSSR count). The molecule has 0 spiro atoms. The number of hydrogen-bond acceptors (Lipinski definition) is 5. The molecule has 17 heavy (non-hydrogen) atoms. The van der Waals surface area contributed by atoms with Crippen LogP contribution in [-0.4, -0.2) is 20.2 Å². The number of thioether (sulfide) groups is 1. The molecule has 1 aromatic carbocycles. The van der Waals surface area contributed by atoms with Crippen molar-refractivity contribution in [1.29, 1.82) is 0 Å². The molecule has 0 aliphatic heterocycles. The van der Waals surface area contributed by atoms with Crippen molar-refractivity contribution < 1.29 is 4.39 Å². The number of benzene rings is 1. The van der Waals surface area contributed by atoms with Crippen LogP contribution in [0.15, 0.2) is 23.4 Å². The van der Waals surface area contributed by atoms with E-state index in [0.29, 0.717) is 17.5 Å². The highest BCUT2D eigenvalue weighted by Gasteiger charge is 2.07. The van der Waals surface area contributed by atoms with Crippen molar-refractivity contribution in [3.05, 3.63) is 35.1 Å². The number of tetrazole rings is 1. The molecule has 0 aliphatic carbocycles. The number of rotatable bonds is 4. The highest BCUT2D eigenvalue weighted by molar-refractivity contribution is 7.98. The van der Waals surface area contributed by atoms with E-state index >= 15 is 0 Å². The summed E-state index contributed by atoms with van der Waals surface area (Å²) in [6.07, 6.45) is 0. The molecule has 0 saturated carbocycles. The molecular weight excluding hydrogens is 241 g/mol. The molecule has 0 atom stereocenters. The Morgan fingerprint density at radius 3 is 2.88 bits per heavy atom. The van der Waals surface area contributed by atoms with Gasteiger partial charge in [0.25, 0.3) is 0 Å². The van der Waals surface area contributed by atoms with E-state index in [1.807, 2.05) is 0 Å². The largest absolute Gasteiger partial charge is 0.326 e. The van der Waals surface area contributed by atoms with Gasteiger partial charge in [0.15, 0.2) is 0 Å². The van der Waals surface area contributed by atoms with Gasteiger partial charge in [0.1, 0.15) is 5.82 Å². The lowest BCUT2D eigenvalue weighted by molar-refractivity contribution is 0.625. The lowest BCUT2D eigenvalue weighted by Crippen LogP contribution is -2.02. The Hall–Kier alpha value is -1.47. The van der Waals surface area contributed by atoms with E-state index in [2.05, 4.69) is 15.5 Å². The number of nitrogens with zero attached hydrogens (tertiary/aromatic N) is 4. The lowest BCUT2D eigenvalue weighted by atomic mass is 10.1. The van der Waals surface area contributed by atoms with Crippen molar-refractivity contribution in [2.24, 2.45) is 12.8 Å². The molecule has 2 N–H and O–H groups in total. The third kappa shape index (κ3) is 2.80. The van der Waals surface area contributed by atoms with Crippen LogP contribution in [0.5, 0.6) is 0 Å². The fourth-order valence-corrected chi connectivity index (χ4v) is 2.28. The van der Waals surface area contributed by atoms with Gasteiger partial charge >= 0.3 is 0 Å². The molecule has 5 nitrogen and oxygen atoms in total. The van der Waals surface area contributed by atoms with Gasteiger partial charge in [-0.3, -0.25) is 0 Å². The van der Waals surface area contributed by atoms with E-state index in [4.69, 9.17) is 5.73 Å². The molecule has 0 radical (unpaired) electrons. The molecule has 0 amide bonds. The molecule has 7 heteroatoms. The maximum atomic E-state index is 13.1. The summed E-state index contributed by atoms with van der Waals surface area (Å²) in [5.41, 5.74) is 7.42.